The lowest BCUT2D eigenvalue weighted by molar-refractivity contribution is 0.0945. The SMILES string of the molecule is O=C(NCCO)c1cn[nH]c1-c1ccc(F)c(Cl)c1. The van der Waals surface area contributed by atoms with E-state index in [4.69, 9.17) is 16.7 Å². The molecule has 100 valence electrons. The monoisotopic (exact) mass is 283 g/mol. The minimum atomic E-state index is -0.531. The average Bonchev–Trinajstić information content (AvgIpc) is 2.88. The first-order valence-electron chi connectivity index (χ1n) is 5.51. The van der Waals surface area contributed by atoms with E-state index in [2.05, 4.69) is 15.5 Å². The quantitative estimate of drug-likeness (QED) is 0.797. The number of carbonyl (C=O) groups is 1. The second-order valence-electron chi connectivity index (χ2n) is 3.77. The molecule has 1 amide bonds. The van der Waals surface area contributed by atoms with Crippen LogP contribution in [0.4, 0.5) is 4.39 Å². The van der Waals surface area contributed by atoms with Crippen molar-refractivity contribution < 1.29 is 14.3 Å². The van der Waals surface area contributed by atoms with E-state index in [1.165, 1.54) is 24.4 Å². The highest BCUT2D eigenvalue weighted by atomic mass is 35.5. The summed E-state index contributed by atoms with van der Waals surface area (Å²) in [5.74, 6) is -0.908. The van der Waals surface area contributed by atoms with Crippen molar-refractivity contribution in [3.63, 3.8) is 0 Å². The molecule has 0 unspecified atom stereocenters. The fourth-order valence-corrected chi connectivity index (χ4v) is 1.78. The van der Waals surface area contributed by atoms with Gasteiger partial charge < -0.3 is 10.4 Å². The third kappa shape index (κ3) is 2.91. The number of aromatic amines is 1. The first-order valence-corrected chi connectivity index (χ1v) is 5.89. The van der Waals surface area contributed by atoms with Crippen LogP contribution in [0.1, 0.15) is 10.4 Å². The van der Waals surface area contributed by atoms with Gasteiger partial charge in [-0.1, -0.05) is 11.6 Å². The maximum atomic E-state index is 13.1. The van der Waals surface area contributed by atoms with Gasteiger partial charge in [-0.15, -0.1) is 0 Å². The van der Waals surface area contributed by atoms with Gasteiger partial charge in [-0.2, -0.15) is 5.10 Å². The minimum absolute atomic E-state index is 0.0335. The van der Waals surface area contributed by atoms with Crippen LogP contribution in [0.2, 0.25) is 5.02 Å². The number of hydrogen-bond donors (Lipinski definition) is 3. The standard InChI is InChI=1S/C12H11ClFN3O2/c13-9-5-7(1-2-10(9)14)11-8(6-16-17-11)12(19)15-3-4-18/h1-2,5-6,18H,3-4H2,(H,15,19)(H,16,17). The third-order valence-electron chi connectivity index (χ3n) is 2.49. The Bertz CT molecular complexity index is 600. The molecule has 0 bridgehead atoms. The van der Waals surface area contributed by atoms with E-state index in [1.54, 1.807) is 0 Å². The molecule has 0 aliphatic carbocycles. The van der Waals surface area contributed by atoms with Crippen molar-refractivity contribution in [1.29, 1.82) is 0 Å². The summed E-state index contributed by atoms with van der Waals surface area (Å²) in [4.78, 5) is 11.8. The summed E-state index contributed by atoms with van der Waals surface area (Å²) in [5, 5.41) is 17.6. The molecule has 2 rings (SSSR count). The van der Waals surface area contributed by atoms with Crippen LogP contribution in [-0.2, 0) is 0 Å². The van der Waals surface area contributed by atoms with Crippen molar-refractivity contribution >= 4 is 17.5 Å². The summed E-state index contributed by atoms with van der Waals surface area (Å²) in [6, 6.07) is 4.12. The summed E-state index contributed by atoms with van der Waals surface area (Å²) >= 11 is 5.70. The highest BCUT2D eigenvalue weighted by Gasteiger charge is 2.15. The van der Waals surface area contributed by atoms with E-state index in [0.717, 1.165) is 0 Å². The number of aliphatic hydroxyl groups is 1. The number of amides is 1. The number of halogens is 2. The number of carbonyl (C=O) groups excluding carboxylic acids is 1. The van der Waals surface area contributed by atoms with Crippen molar-refractivity contribution in [2.24, 2.45) is 0 Å². The van der Waals surface area contributed by atoms with Gasteiger partial charge in [0.05, 0.1) is 29.1 Å². The van der Waals surface area contributed by atoms with Crippen LogP contribution in [-0.4, -0.2) is 34.4 Å². The van der Waals surface area contributed by atoms with Crippen LogP contribution < -0.4 is 5.32 Å². The lowest BCUT2D eigenvalue weighted by Crippen LogP contribution is -2.26. The van der Waals surface area contributed by atoms with Crippen LogP contribution in [0.5, 0.6) is 0 Å². The number of hydrogen-bond acceptors (Lipinski definition) is 3. The van der Waals surface area contributed by atoms with Gasteiger partial charge in [0.25, 0.3) is 5.91 Å². The summed E-state index contributed by atoms with van der Waals surface area (Å²) in [7, 11) is 0. The Kier molecular flexibility index (Phi) is 4.13. The smallest absolute Gasteiger partial charge is 0.255 e. The Labute approximate surface area is 113 Å². The third-order valence-corrected chi connectivity index (χ3v) is 2.78. The molecular formula is C12H11ClFN3O2. The second kappa shape index (κ2) is 5.81. The second-order valence-corrected chi connectivity index (χ2v) is 4.17. The maximum Gasteiger partial charge on any atom is 0.255 e. The molecule has 7 heteroatoms. The molecule has 0 aliphatic rings. The van der Waals surface area contributed by atoms with E-state index < -0.39 is 5.82 Å². The van der Waals surface area contributed by atoms with Gasteiger partial charge in [-0.25, -0.2) is 4.39 Å². The van der Waals surface area contributed by atoms with E-state index >= 15 is 0 Å². The van der Waals surface area contributed by atoms with Crippen molar-refractivity contribution in [2.45, 2.75) is 0 Å². The Morgan fingerprint density at radius 2 is 2.32 bits per heavy atom. The molecule has 0 radical (unpaired) electrons. The number of benzene rings is 1. The predicted octanol–water partition coefficient (Wildman–Crippen LogP) is 1.59. The normalized spacial score (nSPS) is 10.5. The Hall–Kier alpha value is -1.92. The molecule has 0 spiro atoms. The summed E-state index contributed by atoms with van der Waals surface area (Å²) in [5.41, 5.74) is 1.30. The van der Waals surface area contributed by atoms with E-state index in [9.17, 15) is 9.18 Å². The summed E-state index contributed by atoms with van der Waals surface area (Å²) in [6.45, 7) is -0.00503. The first kappa shape index (κ1) is 13.5. The molecule has 1 aromatic heterocycles. The minimum Gasteiger partial charge on any atom is -0.395 e. The Balaban J connectivity index is 2.33. The van der Waals surface area contributed by atoms with Crippen molar-refractivity contribution in [2.75, 3.05) is 13.2 Å². The lowest BCUT2D eigenvalue weighted by atomic mass is 10.1. The summed E-state index contributed by atoms with van der Waals surface area (Å²) < 4.78 is 13.1. The molecule has 3 N–H and O–H groups in total. The molecule has 1 aromatic carbocycles. The zero-order valence-electron chi connectivity index (χ0n) is 9.78. The number of nitrogens with zero attached hydrogens (tertiary/aromatic N) is 1. The molecule has 1 heterocycles. The predicted molar refractivity (Wildman–Crippen MR) is 68.4 cm³/mol. The highest BCUT2D eigenvalue weighted by Crippen LogP contribution is 2.25. The van der Waals surface area contributed by atoms with E-state index in [1.807, 2.05) is 0 Å². The van der Waals surface area contributed by atoms with Crippen molar-refractivity contribution in [3.05, 3.63) is 40.8 Å². The number of aromatic nitrogens is 2. The molecule has 0 saturated carbocycles. The van der Waals surface area contributed by atoms with E-state index in [0.29, 0.717) is 16.8 Å². The topological polar surface area (TPSA) is 78.0 Å². The van der Waals surface area contributed by atoms with Gasteiger partial charge in [0.1, 0.15) is 5.82 Å². The zero-order valence-corrected chi connectivity index (χ0v) is 10.5. The molecule has 0 saturated heterocycles. The van der Waals surface area contributed by atoms with Gasteiger partial charge in [0.2, 0.25) is 0 Å². The summed E-state index contributed by atoms with van der Waals surface area (Å²) in [6.07, 6.45) is 1.36. The molecule has 2 aromatic rings. The largest absolute Gasteiger partial charge is 0.395 e. The van der Waals surface area contributed by atoms with Gasteiger partial charge >= 0.3 is 0 Å². The average molecular weight is 284 g/mol. The fourth-order valence-electron chi connectivity index (χ4n) is 1.59. The van der Waals surface area contributed by atoms with E-state index in [-0.39, 0.29) is 24.1 Å². The van der Waals surface area contributed by atoms with Gasteiger partial charge in [-0.3, -0.25) is 9.89 Å². The number of rotatable bonds is 4. The van der Waals surface area contributed by atoms with Crippen LogP contribution in [0.25, 0.3) is 11.3 Å². The molecule has 19 heavy (non-hydrogen) atoms. The van der Waals surface area contributed by atoms with Crippen LogP contribution in [0, 0.1) is 5.82 Å². The van der Waals surface area contributed by atoms with Crippen LogP contribution in [0.3, 0.4) is 0 Å². The van der Waals surface area contributed by atoms with Crippen molar-refractivity contribution in [3.8, 4) is 11.3 Å². The number of aliphatic hydroxyl groups excluding tert-OH is 1. The van der Waals surface area contributed by atoms with Crippen LogP contribution >= 0.6 is 11.6 Å². The molecule has 0 aliphatic heterocycles. The molecule has 0 atom stereocenters. The lowest BCUT2D eigenvalue weighted by Gasteiger charge is -2.05. The van der Waals surface area contributed by atoms with Crippen molar-refractivity contribution in [1.82, 2.24) is 15.5 Å². The van der Waals surface area contributed by atoms with Gasteiger partial charge in [0.15, 0.2) is 0 Å². The highest BCUT2D eigenvalue weighted by molar-refractivity contribution is 6.31. The Morgan fingerprint density at radius 1 is 1.53 bits per heavy atom. The van der Waals surface area contributed by atoms with Gasteiger partial charge in [-0.05, 0) is 18.2 Å². The maximum absolute atomic E-state index is 13.1. The van der Waals surface area contributed by atoms with Gasteiger partial charge in [0, 0.05) is 12.1 Å². The zero-order chi connectivity index (χ0) is 13.8. The van der Waals surface area contributed by atoms with Crippen LogP contribution in [0.15, 0.2) is 24.4 Å². The Morgan fingerprint density at radius 3 is 3.00 bits per heavy atom. The molecular weight excluding hydrogens is 273 g/mol. The number of H-pyrrole nitrogens is 1. The number of nitrogens with one attached hydrogen (secondary N) is 2. The molecule has 0 fully saturated rings. The fraction of sp³-hybridized carbons (Fsp3) is 0.167. The first-order chi connectivity index (χ1) is 9.13. The molecule has 5 nitrogen and oxygen atoms in total.